The van der Waals surface area contributed by atoms with E-state index in [1.54, 1.807) is 0 Å². The van der Waals surface area contributed by atoms with Crippen LogP contribution in [0.25, 0.3) is 0 Å². The highest BCUT2D eigenvalue weighted by Gasteiger charge is 2.35. The maximum absolute atomic E-state index is 10.4. The molecule has 0 unspecified atom stereocenters. The molecule has 14 heavy (non-hydrogen) atoms. The molecule has 1 aliphatic rings. The van der Waals surface area contributed by atoms with Gasteiger partial charge in [0.05, 0.1) is 6.54 Å². The van der Waals surface area contributed by atoms with Gasteiger partial charge >= 0.3 is 5.97 Å². The third-order valence-corrected chi connectivity index (χ3v) is 3.21. The molecule has 0 saturated heterocycles. The van der Waals surface area contributed by atoms with E-state index in [-0.39, 0.29) is 12.1 Å². The molecule has 0 bridgehead atoms. The second-order valence-corrected chi connectivity index (χ2v) is 4.32. The first-order chi connectivity index (χ1) is 6.57. The monoisotopic (exact) mass is 200 g/mol. The third kappa shape index (κ3) is 2.69. The number of aliphatic carboxylic acids is 1. The lowest BCUT2D eigenvalue weighted by Crippen LogP contribution is -2.50. The summed E-state index contributed by atoms with van der Waals surface area (Å²) in [7, 11) is 4.15. The molecular weight excluding hydrogens is 180 g/mol. The lowest BCUT2D eigenvalue weighted by atomic mass is 9.96. The smallest absolute Gasteiger partial charge is 0.317 e. The fourth-order valence-corrected chi connectivity index (χ4v) is 2.22. The number of carboxylic acid groups (broad SMARTS) is 1. The van der Waals surface area contributed by atoms with Gasteiger partial charge in [-0.2, -0.15) is 0 Å². The summed E-state index contributed by atoms with van der Waals surface area (Å²) in [4.78, 5) is 12.6. The summed E-state index contributed by atoms with van der Waals surface area (Å²) in [5, 5.41) is 11.5. The van der Waals surface area contributed by atoms with Gasteiger partial charge in [-0.3, -0.25) is 4.79 Å². The summed E-state index contributed by atoms with van der Waals surface area (Å²) in [6.07, 6.45) is 4.86. The van der Waals surface area contributed by atoms with Crippen molar-refractivity contribution in [2.24, 2.45) is 0 Å². The van der Waals surface area contributed by atoms with E-state index in [0.29, 0.717) is 0 Å². The van der Waals surface area contributed by atoms with Crippen molar-refractivity contribution < 1.29 is 9.90 Å². The Kier molecular flexibility index (Phi) is 3.89. The summed E-state index contributed by atoms with van der Waals surface area (Å²) in [6.45, 7) is 0.849. The van der Waals surface area contributed by atoms with E-state index in [0.717, 1.165) is 6.54 Å². The molecule has 0 aromatic rings. The van der Waals surface area contributed by atoms with E-state index in [9.17, 15) is 4.79 Å². The number of carboxylic acids is 1. The molecule has 1 aliphatic carbocycles. The summed E-state index contributed by atoms with van der Waals surface area (Å²) in [5.41, 5.74) is 0.190. The minimum Gasteiger partial charge on any atom is -0.480 e. The first-order valence-electron chi connectivity index (χ1n) is 5.17. The first-order valence-corrected chi connectivity index (χ1v) is 5.17. The van der Waals surface area contributed by atoms with Crippen LogP contribution in [-0.2, 0) is 4.79 Å². The molecule has 0 spiro atoms. The Labute approximate surface area is 85.3 Å². The van der Waals surface area contributed by atoms with Crippen LogP contribution in [0.5, 0.6) is 0 Å². The molecule has 1 fully saturated rings. The SMILES string of the molecule is CN(C)C1(CNCC(=O)O)CCCC1. The minimum absolute atomic E-state index is 0.0651. The van der Waals surface area contributed by atoms with Crippen LogP contribution >= 0.6 is 0 Å². The number of rotatable bonds is 5. The van der Waals surface area contributed by atoms with Crippen LogP contribution in [0.15, 0.2) is 0 Å². The molecule has 82 valence electrons. The van der Waals surface area contributed by atoms with Crippen molar-refractivity contribution in [1.82, 2.24) is 10.2 Å². The molecule has 1 rings (SSSR count). The molecular formula is C10H20N2O2. The van der Waals surface area contributed by atoms with Gasteiger partial charge in [-0.05, 0) is 26.9 Å². The van der Waals surface area contributed by atoms with Gasteiger partial charge in [0, 0.05) is 12.1 Å². The number of nitrogens with zero attached hydrogens (tertiary/aromatic N) is 1. The largest absolute Gasteiger partial charge is 0.480 e. The van der Waals surface area contributed by atoms with E-state index in [1.165, 1.54) is 25.7 Å². The Morgan fingerprint density at radius 1 is 1.43 bits per heavy atom. The van der Waals surface area contributed by atoms with Crippen LogP contribution in [0.4, 0.5) is 0 Å². The summed E-state index contributed by atoms with van der Waals surface area (Å²) < 4.78 is 0. The normalized spacial score (nSPS) is 20.2. The zero-order chi connectivity index (χ0) is 10.6. The van der Waals surface area contributed by atoms with Crippen molar-refractivity contribution in [3.05, 3.63) is 0 Å². The molecule has 4 heteroatoms. The molecule has 0 atom stereocenters. The minimum atomic E-state index is -0.781. The highest BCUT2D eigenvalue weighted by atomic mass is 16.4. The van der Waals surface area contributed by atoms with Crippen LogP contribution in [0.2, 0.25) is 0 Å². The maximum Gasteiger partial charge on any atom is 0.317 e. The molecule has 0 radical (unpaired) electrons. The van der Waals surface area contributed by atoms with Gasteiger partial charge in [0.25, 0.3) is 0 Å². The van der Waals surface area contributed by atoms with Crippen molar-refractivity contribution in [3.8, 4) is 0 Å². The van der Waals surface area contributed by atoms with Gasteiger partial charge in [0.15, 0.2) is 0 Å². The predicted molar refractivity (Wildman–Crippen MR) is 55.4 cm³/mol. The predicted octanol–water partition coefficient (Wildman–Crippen LogP) is 0.535. The van der Waals surface area contributed by atoms with E-state index in [4.69, 9.17) is 5.11 Å². The van der Waals surface area contributed by atoms with Gasteiger partial charge in [-0.25, -0.2) is 0 Å². The molecule has 0 amide bonds. The molecule has 1 saturated carbocycles. The standard InChI is InChI=1S/C10H20N2O2/c1-12(2)10(5-3-4-6-10)8-11-7-9(13)14/h11H,3-8H2,1-2H3,(H,13,14). The van der Waals surface area contributed by atoms with Gasteiger partial charge in [-0.1, -0.05) is 12.8 Å². The van der Waals surface area contributed by atoms with E-state index < -0.39 is 5.97 Å². The summed E-state index contributed by atoms with van der Waals surface area (Å²) >= 11 is 0. The van der Waals surface area contributed by atoms with Gasteiger partial charge < -0.3 is 15.3 Å². The van der Waals surface area contributed by atoms with Crippen LogP contribution < -0.4 is 5.32 Å². The number of carbonyl (C=O) groups is 1. The number of nitrogens with one attached hydrogen (secondary N) is 1. The Balaban J connectivity index is 2.40. The molecule has 0 aliphatic heterocycles. The van der Waals surface area contributed by atoms with Crippen molar-refractivity contribution >= 4 is 5.97 Å². The first kappa shape index (κ1) is 11.5. The van der Waals surface area contributed by atoms with Crippen LogP contribution in [0, 0.1) is 0 Å². The van der Waals surface area contributed by atoms with Crippen LogP contribution in [0.3, 0.4) is 0 Å². The second-order valence-electron chi connectivity index (χ2n) is 4.32. The Morgan fingerprint density at radius 2 is 2.00 bits per heavy atom. The van der Waals surface area contributed by atoms with Gasteiger partial charge in [0.1, 0.15) is 0 Å². The fourth-order valence-electron chi connectivity index (χ4n) is 2.22. The Bertz CT molecular complexity index is 198. The average molecular weight is 200 g/mol. The fraction of sp³-hybridized carbons (Fsp3) is 0.900. The highest BCUT2D eigenvalue weighted by molar-refractivity contribution is 5.69. The molecule has 2 N–H and O–H groups in total. The van der Waals surface area contributed by atoms with E-state index in [1.807, 2.05) is 0 Å². The van der Waals surface area contributed by atoms with Gasteiger partial charge in [0.2, 0.25) is 0 Å². The summed E-state index contributed by atoms with van der Waals surface area (Å²) in [6, 6.07) is 0. The Hall–Kier alpha value is -0.610. The van der Waals surface area contributed by atoms with Gasteiger partial charge in [-0.15, -0.1) is 0 Å². The van der Waals surface area contributed by atoms with E-state index in [2.05, 4.69) is 24.3 Å². The van der Waals surface area contributed by atoms with Crippen LogP contribution in [-0.4, -0.2) is 48.7 Å². The molecule has 0 aromatic heterocycles. The van der Waals surface area contributed by atoms with Crippen LogP contribution in [0.1, 0.15) is 25.7 Å². The molecule has 4 nitrogen and oxygen atoms in total. The van der Waals surface area contributed by atoms with Crippen molar-refractivity contribution in [2.45, 2.75) is 31.2 Å². The average Bonchev–Trinajstić information content (AvgIpc) is 2.53. The number of hydrogen-bond donors (Lipinski definition) is 2. The topological polar surface area (TPSA) is 52.6 Å². The van der Waals surface area contributed by atoms with Crippen molar-refractivity contribution in [2.75, 3.05) is 27.2 Å². The number of hydrogen-bond acceptors (Lipinski definition) is 3. The third-order valence-electron chi connectivity index (χ3n) is 3.21. The molecule has 0 aromatic carbocycles. The highest BCUT2D eigenvalue weighted by Crippen LogP contribution is 2.32. The quantitative estimate of drug-likeness (QED) is 0.680. The van der Waals surface area contributed by atoms with Crippen molar-refractivity contribution in [3.63, 3.8) is 0 Å². The summed E-state index contributed by atoms with van der Waals surface area (Å²) in [5.74, 6) is -0.781. The van der Waals surface area contributed by atoms with Crippen molar-refractivity contribution in [1.29, 1.82) is 0 Å². The zero-order valence-electron chi connectivity index (χ0n) is 9.05. The van der Waals surface area contributed by atoms with E-state index >= 15 is 0 Å². The lowest BCUT2D eigenvalue weighted by Gasteiger charge is -2.36. The maximum atomic E-state index is 10.4. The number of likely N-dealkylation sites (N-methyl/N-ethyl adjacent to an activating group) is 1. The zero-order valence-corrected chi connectivity index (χ0v) is 9.05. The Morgan fingerprint density at radius 3 is 2.43 bits per heavy atom. The second kappa shape index (κ2) is 4.75. The lowest BCUT2D eigenvalue weighted by molar-refractivity contribution is -0.136. The molecule has 0 heterocycles.